The highest BCUT2D eigenvalue weighted by Crippen LogP contribution is 2.18. The molecule has 1 amide bonds. The predicted octanol–water partition coefficient (Wildman–Crippen LogP) is 2.12. The topological polar surface area (TPSA) is 54.5 Å². The van der Waals surface area contributed by atoms with Crippen LogP contribution in [0.15, 0.2) is 29.2 Å². The van der Waals surface area contributed by atoms with Gasteiger partial charge < -0.3 is 13.9 Å². The van der Waals surface area contributed by atoms with E-state index in [9.17, 15) is 4.79 Å². The van der Waals surface area contributed by atoms with Crippen molar-refractivity contribution in [2.45, 2.75) is 38.9 Å². The van der Waals surface area contributed by atoms with Crippen molar-refractivity contribution in [3.05, 3.63) is 41.9 Å². The second-order valence-electron chi connectivity index (χ2n) is 6.42. The van der Waals surface area contributed by atoms with E-state index in [2.05, 4.69) is 15.7 Å². The van der Waals surface area contributed by atoms with Crippen molar-refractivity contribution in [3.8, 4) is 0 Å². The second kappa shape index (κ2) is 6.20. The molecule has 1 saturated heterocycles. The first-order chi connectivity index (χ1) is 11.3. The van der Waals surface area contributed by atoms with E-state index in [4.69, 9.17) is 9.40 Å². The van der Waals surface area contributed by atoms with Crippen LogP contribution in [0.2, 0.25) is 0 Å². The summed E-state index contributed by atoms with van der Waals surface area (Å²) < 4.78 is 7.20. The first-order valence-electron chi connectivity index (χ1n) is 8.38. The standard InChI is InChI=1S/C17H22N4O2/c22-17(14-4-9-23-13-14)21-8-7-20-11-15(18-16(20)12-21)10-19-5-2-1-3-6-19/h4,9,11,13H,1-3,5-8,10,12H2. The van der Waals surface area contributed by atoms with Crippen LogP contribution in [0.4, 0.5) is 0 Å². The molecule has 2 aromatic heterocycles. The van der Waals surface area contributed by atoms with Crippen LogP contribution >= 0.6 is 0 Å². The maximum atomic E-state index is 12.4. The van der Waals surface area contributed by atoms with Crippen LogP contribution in [0.1, 0.15) is 41.1 Å². The maximum absolute atomic E-state index is 12.4. The summed E-state index contributed by atoms with van der Waals surface area (Å²) >= 11 is 0. The number of amides is 1. The summed E-state index contributed by atoms with van der Waals surface area (Å²) in [5.41, 5.74) is 1.73. The van der Waals surface area contributed by atoms with Gasteiger partial charge in [0.2, 0.25) is 0 Å². The SMILES string of the molecule is O=C(c1ccoc1)N1CCn2cc(CN3CCCCC3)nc2C1. The van der Waals surface area contributed by atoms with Gasteiger partial charge in [-0.1, -0.05) is 6.42 Å². The van der Waals surface area contributed by atoms with E-state index in [-0.39, 0.29) is 5.91 Å². The lowest BCUT2D eigenvalue weighted by atomic mass is 10.1. The van der Waals surface area contributed by atoms with Crippen molar-refractivity contribution in [2.24, 2.45) is 0 Å². The number of carbonyl (C=O) groups excluding carboxylic acids is 1. The van der Waals surface area contributed by atoms with Gasteiger partial charge in [0, 0.05) is 25.8 Å². The Morgan fingerprint density at radius 3 is 2.83 bits per heavy atom. The third kappa shape index (κ3) is 3.03. The molecule has 0 radical (unpaired) electrons. The van der Waals surface area contributed by atoms with E-state index >= 15 is 0 Å². The van der Waals surface area contributed by atoms with Crippen molar-refractivity contribution in [3.63, 3.8) is 0 Å². The van der Waals surface area contributed by atoms with Gasteiger partial charge in [0.1, 0.15) is 12.1 Å². The minimum absolute atomic E-state index is 0.0191. The predicted molar refractivity (Wildman–Crippen MR) is 84.8 cm³/mol. The Balaban J connectivity index is 1.44. The molecule has 6 heteroatoms. The molecule has 4 heterocycles. The highest BCUT2D eigenvalue weighted by Gasteiger charge is 2.24. The molecule has 122 valence electrons. The molecule has 2 aliphatic rings. The van der Waals surface area contributed by atoms with E-state index in [1.807, 2.05) is 4.90 Å². The van der Waals surface area contributed by atoms with Gasteiger partial charge in [-0.2, -0.15) is 0 Å². The number of imidazole rings is 1. The fourth-order valence-electron chi connectivity index (χ4n) is 3.48. The van der Waals surface area contributed by atoms with E-state index < -0.39 is 0 Å². The van der Waals surface area contributed by atoms with Crippen LogP contribution in [0.3, 0.4) is 0 Å². The number of likely N-dealkylation sites (tertiary alicyclic amines) is 1. The molecule has 2 aliphatic heterocycles. The fraction of sp³-hybridized carbons (Fsp3) is 0.529. The highest BCUT2D eigenvalue weighted by molar-refractivity contribution is 5.93. The average Bonchev–Trinajstić information content (AvgIpc) is 3.23. The highest BCUT2D eigenvalue weighted by atomic mass is 16.3. The number of hydrogen-bond acceptors (Lipinski definition) is 4. The van der Waals surface area contributed by atoms with Crippen molar-refractivity contribution >= 4 is 5.91 Å². The number of nitrogens with zero attached hydrogens (tertiary/aromatic N) is 4. The molecule has 0 spiro atoms. The summed E-state index contributed by atoms with van der Waals surface area (Å²) in [6.07, 6.45) is 9.13. The number of rotatable bonds is 3. The van der Waals surface area contributed by atoms with Crippen molar-refractivity contribution in [1.29, 1.82) is 0 Å². The third-order valence-corrected chi connectivity index (χ3v) is 4.74. The summed E-state index contributed by atoms with van der Waals surface area (Å²) in [5, 5.41) is 0. The number of fused-ring (bicyclic) bond motifs is 1. The van der Waals surface area contributed by atoms with Crippen LogP contribution in [0.5, 0.6) is 0 Å². The second-order valence-corrected chi connectivity index (χ2v) is 6.42. The van der Waals surface area contributed by atoms with E-state index in [0.717, 1.165) is 31.2 Å². The normalized spacial score (nSPS) is 18.9. The summed E-state index contributed by atoms with van der Waals surface area (Å²) in [4.78, 5) is 21.5. The van der Waals surface area contributed by atoms with Gasteiger partial charge in [-0.15, -0.1) is 0 Å². The first-order valence-corrected chi connectivity index (χ1v) is 8.38. The lowest BCUT2D eigenvalue weighted by Crippen LogP contribution is -2.38. The third-order valence-electron chi connectivity index (χ3n) is 4.74. The summed E-state index contributed by atoms with van der Waals surface area (Å²) in [5.74, 6) is 1.01. The van der Waals surface area contributed by atoms with Crippen molar-refractivity contribution < 1.29 is 9.21 Å². The molecule has 0 saturated carbocycles. The van der Waals surface area contributed by atoms with Gasteiger partial charge in [0.15, 0.2) is 0 Å². The Morgan fingerprint density at radius 2 is 2.04 bits per heavy atom. The van der Waals surface area contributed by atoms with Gasteiger partial charge in [-0.05, 0) is 32.0 Å². The molecule has 0 unspecified atom stereocenters. The molecule has 23 heavy (non-hydrogen) atoms. The summed E-state index contributed by atoms with van der Waals surface area (Å²) in [7, 11) is 0. The van der Waals surface area contributed by atoms with Crippen LogP contribution < -0.4 is 0 Å². The molecule has 6 nitrogen and oxygen atoms in total. The zero-order valence-electron chi connectivity index (χ0n) is 13.3. The van der Waals surface area contributed by atoms with Crippen molar-refractivity contribution in [2.75, 3.05) is 19.6 Å². The molecule has 0 aliphatic carbocycles. The molecular weight excluding hydrogens is 292 g/mol. The van der Waals surface area contributed by atoms with Gasteiger partial charge in [0.05, 0.1) is 24.1 Å². The largest absolute Gasteiger partial charge is 0.472 e. The lowest BCUT2D eigenvalue weighted by molar-refractivity contribution is 0.0706. The average molecular weight is 314 g/mol. The minimum atomic E-state index is 0.0191. The Bertz CT molecular complexity index is 671. The Morgan fingerprint density at radius 1 is 1.17 bits per heavy atom. The molecule has 0 aromatic carbocycles. The number of furan rings is 1. The summed E-state index contributed by atoms with van der Waals surface area (Å²) in [6.45, 7) is 5.38. The van der Waals surface area contributed by atoms with Gasteiger partial charge >= 0.3 is 0 Å². The van der Waals surface area contributed by atoms with Gasteiger partial charge in [0.25, 0.3) is 5.91 Å². The van der Waals surface area contributed by atoms with Gasteiger partial charge in [-0.3, -0.25) is 9.69 Å². The van der Waals surface area contributed by atoms with Crippen LogP contribution in [-0.4, -0.2) is 44.9 Å². The smallest absolute Gasteiger partial charge is 0.257 e. The van der Waals surface area contributed by atoms with E-state index in [1.54, 1.807) is 6.07 Å². The zero-order chi connectivity index (χ0) is 15.6. The number of carbonyl (C=O) groups is 1. The molecule has 4 rings (SSSR count). The van der Waals surface area contributed by atoms with Crippen molar-refractivity contribution in [1.82, 2.24) is 19.4 Å². The van der Waals surface area contributed by atoms with Crippen LogP contribution in [0, 0.1) is 0 Å². The molecule has 0 N–H and O–H groups in total. The Kier molecular flexibility index (Phi) is 3.91. The Hall–Kier alpha value is -2.08. The number of piperidine rings is 1. The van der Waals surface area contributed by atoms with Crippen LogP contribution in [-0.2, 0) is 19.6 Å². The molecular formula is C17H22N4O2. The molecule has 0 atom stereocenters. The minimum Gasteiger partial charge on any atom is -0.472 e. The molecule has 2 aromatic rings. The fourth-order valence-corrected chi connectivity index (χ4v) is 3.48. The quantitative estimate of drug-likeness (QED) is 0.871. The lowest BCUT2D eigenvalue weighted by Gasteiger charge is -2.27. The number of hydrogen-bond donors (Lipinski definition) is 0. The van der Waals surface area contributed by atoms with E-state index in [1.165, 1.54) is 44.9 Å². The van der Waals surface area contributed by atoms with E-state index in [0.29, 0.717) is 12.1 Å². The zero-order valence-corrected chi connectivity index (χ0v) is 13.3. The monoisotopic (exact) mass is 314 g/mol. The van der Waals surface area contributed by atoms with Crippen LogP contribution in [0.25, 0.3) is 0 Å². The Labute approximate surface area is 135 Å². The number of aromatic nitrogens is 2. The first kappa shape index (κ1) is 14.5. The molecule has 1 fully saturated rings. The maximum Gasteiger partial charge on any atom is 0.257 e. The summed E-state index contributed by atoms with van der Waals surface area (Å²) in [6, 6.07) is 1.71. The molecule has 0 bridgehead atoms. The van der Waals surface area contributed by atoms with Gasteiger partial charge in [-0.25, -0.2) is 4.98 Å².